The zero-order chi connectivity index (χ0) is 13.1. The van der Waals surface area contributed by atoms with Crippen molar-refractivity contribution >= 4 is 22.5 Å². The molecule has 2 aromatic rings. The van der Waals surface area contributed by atoms with Crippen LogP contribution in [-0.2, 0) is 0 Å². The second-order valence-corrected chi connectivity index (χ2v) is 4.29. The van der Waals surface area contributed by atoms with Gasteiger partial charge in [0.25, 0.3) is 5.91 Å². The number of H-pyrrole nitrogens is 1. The number of aliphatic hydroxyl groups excluding tert-OH is 1. The lowest BCUT2D eigenvalue weighted by Crippen LogP contribution is -2.37. The van der Waals surface area contributed by atoms with E-state index >= 15 is 0 Å². The van der Waals surface area contributed by atoms with Crippen molar-refractivity contribution in [1.82, 2.24) is 10.3 Å². The number of rotatable bonds is 4. The summed E-state index contributed by atoms with van der Waals surface area (Å²) >= 11 is 0. The maximum absolute atomic E-state index is 11.9. The summed E-state index contributed by atoms with van der Waals surface area (Å²) in [7, 11) is 0. The molecule has 2 rings (SSSR count). The van der Waals surface area contributed by atoms with Crippen molar-refractivity contribution < 1.29 is 9.90 Å². The van der Waals surface area contributed by atoms with E-state index in [2.05, 4.69) is 10.3 Å². The minimum atomic E-state index is -0.217. The molecule has 0 fully saturated rings. The Bertz CT molecular complexity index is 558. The average molecular weight is 247 g/mol. The molecule has 5 N–H and O–H groups in total. The molecule has 0 saturated heterocycles. The molecule has 18 heavy (non-hydrogen) atoms. The minimum absolute atomic E-state index is 0.0601. The zero-order valence-corrected chi connectivity index (χ0v) is 10.2. The van der Waals surface area contributed by atoms with Crippen LogP contribution in [0.1, 0.15) is 23.8 Å². The number of benzene rings is 1. The lowest BCUT2D eigenvalue weighted by Gasteiger charge is -2.12. The minimum Gasteiger partial charge on any atom is -0.399 e. The normalized spacial score (nSPS) is 12.6. The third kappa shape index (κ3) is 2.46. The molecule has 0 radical (unpaired) electrons. The van der Waals surface area contributed by atoms with Gasteiger partial charge in [0.05, 0.1) is 12.6 Å². The van der Waals surface area contributed by atoms with Crippen molar-refractivity contribution in [3.63, 3.8) is 0 Å². The Hall–Kier alpha value is -2.01. The number of hydrogen-bond acceptors (Lipinski definition) is 3. The SMILES string of the molecule is CC[C@@H](CO)NC(=O)c1cc2cc(N)ccc2[nH]1. The van der Waals surface area contributed by atoms with Gasteiger partial charge in [-0.25, -0.2) is 0 Å². The van der Waals surface area contributed by atoms with Crippen LogP contribution < -0.4 is 11.1 Å². The smallest absolute Gasteiger partial charge is 0.268 e. The molecule has 0 aliphatic rings. The molecule has 1 heterocycles. The van der Waals surface area contributed by atoms with Crippen molar-refractivity contribution in [2.75, 3.05) is 12.3 Å². The summed E-state index contributed by atoms with van der Waals surface area (Å²) < 4.78 is 0. The van der Waals surface area contributed by atoms with Crippen molar-refractivity contribution in [3.05, 3.63) is 30.0 Å². The number of fused-ring (bicyclic) bond motifs is 1. The highest BCUT2D eigenvalue weighted by Gasteiger charge is 2.13. The number of carbonyl (C=O) groups is 1. The third-order valence-electron chi connectivity index (χ3n) is 2.94. The quantitative estimate of drug-likeness (QED) is 0.613. The first-order valence-electron chi connectivity index (χ1n) is 5.94. The van der Waals surface area contributed by atoms with Crippen molar-refractivity contribution in [1.29, 1.82) is 0 Å². The van der Waals surface area contributed by atoms with E-state index in [0.717, 1.165) is 10.9 Å². The highest BCUT2D eigenvalue weighted by atomic mass is 16.3. The first-order chi connectivity index (χ1) is 8.63. The maximum atomic E-state index is 11.9. The van der Waals surface area contributed by atoms with E-state index in [1.807, 2.05) is 19.1 Å². The molecule has 1 aromatic heterocycles. The van der Waals surface area contributed by atoms with Gasteiger partial charge in [0.15, 0.2) is 0 Å². The Labute approximate surface area is 105 Å². The second-order valence-electron chi connectivity index (χ2n) is 4.29. The summed E-state index contributed by atoms with van der Waals surface area (Å²) in [5, 5.41) is 12.7. The molecular formula is C13H17N3O2. The zero-order valence-electron chi connectivity index (χ0n) is 10.2. The number of anilines is 1. The first-order valence-corrected chi connectivity index (χ1v) is 5.94. The largest absolute Gasteiger partial charge is 0.399 e. The predicted octanol–water partition coefficient (Wildman–Crippen LogP) is 1.25. The van der Waals surface area contributed by atoms with Crippen molar-refractivity contribution in [3.8, 4) is 0 Å². The van der Waals surface area contributed by atoms with Gasteiger partial charge in [-0.2, -0.15) is 0 Å². The summed E-state index contributed by atoms with van der Waals surface area (Å²) in [5.74, 6) is -0.217. The van der Waals surface area contributed by atoms with Crippen LogP contribution in [0.5, 0.6) is 0 Å². The van der Waals surface area contributed by atoms with Gasteiger partial charge in [0.2, 0.25) is 0 Å². The molecule has 1 amide bonds. The molecule has 0 aliphatic heterocycles. The predicted molar refractivity (Wildman–Crippen MR) is 71.3 cm³/mol. The lowest BCUT2D eigenvalue weighted by atomic mass is 10.2. The summed E-state index contributed by atoms with van der Waals surface area (Å²) in [6.07, 6.45) is 0.690. The van der Waals surface area contributed by atoms with Crippen molar-refractivity contribution in [2.24, 2.45) is 0 Å². The fourth-order valence-electron chi connectivity index (χ4n) is 1.81. The molecule has 96 valence electrons. The number of aromatic amines is 1. The van der Waals surface area contributed by atoms with Gasteiger partial charge < -0.3 is 21.1 Å². The number of amides is 1. The van der Waals surface area contributed by atoms with Crippen LogP contribution in [0.4, 0.5) is 5.69 Å². The van der Waals surface area contributed by atoms with E-state index in [0.29, 0.717) is 17.8 Å². The van der Waals surface area contributed by atoms with E-state index in [1.54, 1.807) is 12.1 Å². The molecule has 5 nitrogen and oxygen atoms in total. The fraction of sp³-hybridized carbons (Fsp3) is 0.308. The summed E-state index contributed by atoms with van der Waals surface area (Å²) in [4.78, 5) is 15.0. The van der Waals surface area contributed by atoms with E-state index < -0.39 is 0 Å². The Morgan fingerprint density at radius 2 is 2.28 bits per heavy atom. The number of nitrogens with one attached hydrogen (secondary N) is 2. The van der Waals surface area contributed by atoms with E-state index in [-0.39, 0.29) is 18.6 Å². The molecule has 1 atom stereocenters. The third-order valence-corrected chi connectivity index (χ3v) is 2.94. The number of hydrogen-bond donors (Lipinski definition) is 4. The average Bonchev–Trinajstić information content (AvgIpc) is 2.78. The molecular weight excluding hydrogens is 230 g/mol. The Morgan fingerprint density at radius 3 is 2.94 bits per heavy atom. The number of carbonyl (C=O) groups excluding carboxylic acids is 1. The Balaban J connectivity index is 2.23. The number of aromatic nitrogens is 1. The van der Waals surface area contributed by atoms with Crippen LogP contribution in [0.15, 0.2) is 24.3 Å². The van der Waals surface area contributed by atoms with Gasteiger partial charge in [-0.1, -0.05) is 6.92 Å². The van der Waals surface area contributed by atoms with Crippen molar-refractivity contribution in [2.45, 2.75) is 19.4 Å². The monoisotopic (exact) mass is 247 g/mol. The standard InChI is InChI=1S/C13H17N3O2/c1-2-10(7-17)15-13(18)12-6-8-5-9(14)3-4-11(8)16-12/h3-6,10,16-17H,2,7,14H2,1H3,(H,15,18)/t10-/m0/s1. The maximum Gasteiger partial charge on any atom is 0.268 e. The summed E-state index contributed by atoms with van der Waals surface area (Å²) in [6, 6.07) is 6.97. The van der Waals surface area contributed by atoms with Crippen LogP contribution in [0.3, 0.4) is 0 Å². The first kappa shape index (κ1) is 12.4. The van der Waals surface area contributed by atoms with Gasteiger partial charge in [0, 0.05) is 16.6 Å². The van der Waals surface area contributed by atoms with Crippen LogP contribution in [0, 0.1) is 0 Å². The summed E-state index contributed by atoms with van der Waals surface area (Å²) in [6.45, 7) is 1.85. The van der Waals surface area contributed by atoms with Crippen LogP contribution in [0.25, 0.3) is 10.9 Å². The number of aliphatic hydroxyl groups is 1. The van der Waals surface area contributed by atoms with Gasteiger partial charge in [-0.05, 0) is 30.7 Å². The second kappa shape index (κ2) is 5.10. The highest BCUT2D eigenvalue weighted by Crippen LogP contribution is 2.18. The topological polar surface area (TPSA) is 91.1 Å². The summed E-state index contributed by atoms with van der Waals surface area (Å²) in [5.41, 5.74) is 7.69. The van der Waals surface area contributed by atoms with Crippen LogP contribution in [0.2, 0.25) is 0 Å². The highest BCUT2D eigenvalue weighted by molar-refractivity contribution is 5.98. The molecule has 0 spiro atoms. The fourth-order valence-corrected chi connectivity index (χ4v) is 1.81. The molecule has 0 aliphatic carbocycles. The van der Waals surface area contributed by atoms with Gasteiger partial charge >= 0.3 is 0 Å². The lowest BCUT2D eigenvalue weighted by molar-refractivity contribution is 0.0910. The molecule has 5 heteroatoms. The van der Waals surface area contributed by atoms with Gasteiger partial charge in [-0.3, -0.25) is 4.79 Å². The molecule has 0 unspecified atom stereocenters. The van der Waals surface area contributed by atoms with Gasteiger partial charge in [0.1, 0.15) is 5.69 Å². The van der Waals surface area contributed by atoms with E-state index in [9.17, 15) is 4.79 Å². The van der Waals surface area contributed by atoms with E-state index in [1.165, 1.54) is 0 Å². The number of nitrogens with two attached hydrogens (primary N) is 1. The number of nitrogen functional groups attached to an aromatic ring is 1. The Morgan fingerprint density at radius 1 is 1.50 bits per heavy atom. The molecule has 1 aromatic carbocycles. The van der Waals surface area contributed by atoms with Gasteiger partial charge in [-0.15, -0.1) is 0 Å². The van der Waals surface area contributed by atoms with Crippen LogP contribution >= 0.6 is 0 Å². The Kier molecular flexibility index (Phi) is 3.53. The van der Waals surface area contributed by atoms with E-state index in [4.69, 9.17) is 10.8 Å². The molecule has 0 bridgehead atoms. The van der Waals surface area contributed by atoms with Crippen LogP contribution in [-0.4, -0.2) is 28.6 Å². The molecule has 0 saturated carbocycles.